The number of nitrogens with zero attached hydrogens (tertiary/aromatic N) is 4. The van der Waals surface area contributed by atoms with Crippen LogP contribution in [0.3, 0.4) is 0 Å². The van der Waals surface area contributed by atoms with Crippen LogP contribution in [0, 0.1) is 17.5 Å². The molecule has 18 heteroatoms. The highest BCUT2D eigenvalue weighted by atomic mass is 32.2. The molecular weight excluding hydrogens is 707 g/mol. The number of fused-ring (bicyclic) bond motifs is 1. The number of hydrogen-bond acceptors (Lipinski definition) is 10. The van der Waals surface area contributed by atoms with Crippen LogP contribution in [0.25, 0.3) is 10.9 Å². The lowest BCUT2D eigenvalue weighted by Gasteiger charge is -2.32. The Balaban J connectivity index is 1.17. The van der Waals surface area contributed by atoms with Gasteiger partial charge < -0.3 is 24.8 Å². The van der Waals surface area contributed by atoms with E-state index in [-0.39, 0.29) is 29.0 Å². The van der Waals surface area contributed by atoms with E-state index in [0.29, 0.717) is 54.9 Å². The fourth-order valence-corrected chi connectivity index (χ4v) is 6.84. The number of likely N-dealkylation sites (tertiary alicyclic amines) is 1. The van der Waals surface area contributed by atoms with Crippen molar-refractivity contribution >= 4 is 45.2 Å². The molecule has 2 atom stereocenters. The Bertz CT molecular complexity index is 2040. The number of aromatic nitrogens is 2. The van der Waals surface area contributed by atoms with Crippen LogP contribution in [-0.4, -0.2) is 82.1 Å². The minimum atomic E-state index is -1.81. The van der Waals surface area contributed by atoms with Gasteiger partial charge in [-0.05, 0) is 36.6 Å². The summed E-state index contributed by atoms with van der Waals surface area (Å²) in [6.45, 7) is 1.58. The van der Waals surface area contributed by atoms with Gasteiger partial charge in [-0.15, -0.1) is 0 Å². The Kier molecular flexibility index (Phi) is 10.8. The molecule has 0 radical (unpaired) electrons. The standard InChI is InChI=1S/C34H32F3N7O7S/c1-38-30(45)18-43-10-7-22(8-11-43)50-28-15-23-26(16-27(28)49-2)41-39-17-29(23)51-32-24(36)13-21(14-25(32)37)40-34(47)42-44-31(46)9-12-52(48)33(44)19-3-5-20(35)6-4-19/h3-6,9,12-17,22,33H,7-8,10-11,18H2,1-2H3,(H,38,45)(H2,40,42,47). The van der Waals surface area contributed by atoms with Crippen molar-refractivity contribution in [3.05, 3.63) is 89.2 Å². The number of carbonyl (C=O) groups excluding carboxylic acids is 3. The topological polar surface area (TPSA) is 164 Å². The quantitative estimate of drug-likeness (QED) is 0.214. The van der Waals surface area contributed by atoms with E-state index < -0.39 is 51.3 Å². The lowest BCUT2D eigenvalue weighted by atomic mass is 10.1. The molecular formula is C34H32F3N7O7S. The summed E-state index contributed by atoms with van der Waals surface area (Å²) in [6, 6.07) is 8.51. The number of ether oxygens (including phenoxy) is 3. The van der Waals surface area contributed by atoms with Crippen LogP contribution in [0.4, 0.5) is 23.7 Å². The molecule has 2 aliphatic heterocycles. The average molecular weight is 740 g/mol. The van der Waals surface area contributed by atoms with Crippen molar-refractivity contribution in [3.8, 4) is 23.0 Å². The number of hydrogen-bond donors (Lipinski definition) is 3. The summed E-state index contributed by atoms with van der Waals surface area (Å²) < 4.78 is 74.4. The van der Waals surface area contributed by atoms with E-state index in [4.69, 9.17) is 14.2 Å². The third-order valence-corrected chi connectivity index (χ3v) is 9.57. The maximum Gasteiger partial charge on any atom is 0.338 e. The number of amides is 4. The summed E-state index contributed by atoms with van der Waals surface area (Å²) in [7, 11) is 1.23. The number of nitrogens with one attached hydrogen (secondary N) is 3. The smallest absolute Gasteiger partial charge is 0.338 e. The molecule has 1 aromatic heterocycles. The molecule has 4 aromatic rings. The van der Waals surface area contributed by atoms with E-state index in [1.165, 1.54) is 25.4 Å². The molecule has 2 aliphatic rings. The van der Waals surface area contributed by atoms with Crippen LogP contribution in [0.1, 0.15) is 23.8 Å². The van der Waals surface area contributed by atoms with Crippen molar-refractivity contribution in [2.45, 2.75) is 24.3 Å². The number of likely N-dealkylation sites (N-methyl/N-ethyl adjacent to an activating group) is 1. The number of carbonyl (C=O) groups is 3. The van der Waals surface area contributed by atoms with Gasteiger partial charge in [-0.2, -0.15) is 10.2 Å². The lowest BCUT2D eigenvalue weighted by Crippen LogP contribution is -2.51. The molecule has 0 spiro atoms. The predicted octanol–water partition coefficient (Wildman–Crippen LogP) is 4.28. The second-order valence-electron chi connectivity index (χ2n) is 11.7. The van der Waals surface area contributed by atoms with Gasteiger partial charge >= 0.3 is 6.03 Å². The summed E-state index contributed by atoms with van der Waals surface area (Å²) >= 11 is 0. The van der Waals surface area contributed by atoms with Crippen LogP contribution in [0.15, 0.2) is 66.2 Å². The second kappa shape index (κ2) is 15.6. The lowest BCUT2D eigenvalue weighted by molar-refractivity contribution is -0.129. The zero-order valence-corrected chi connectivity index (χ0v) is 28.5. The van der Waals surface area contributed by atoms with Crippen LogP contribution >= 0.6 is 0 Å². The maximum absolute atomic E-state index is 15.4. The molecule has 3 heterocycles. The molecule has 1 fully saturated rings. The predicted molar refractivity (Wildman–Crippen MR) is 182 cm³/mol. The van der Waals surface area contributed by atoms with Gasteiger partial charge in [-0.1, -0.05) is 12.1 Å². The highest BCUT2D eigenvalue weighted by molar-refractivity contribution is 7.88. The highest BCUT2D eigenvalue weighted by Gasteiger charge is 2.33. The van der Waals surface area contributed by atoms with E-state index in [2.05, 4.69) is 26.3 Å². The number of urea groups is 1. The molecule has 0 aliphatic carbocycles. The number of piperidine rings is 1. The normalized spacial score (nSPS) is 17.9. The van der Waals surface area contributed by atoms with E-state index in [1.807, 2.05) is 4.90 Å². The highest BCUT2D eigenvalue weighted by Crippen LogP contribution is 2.39. The first-order valence-electron chi connectivity index (χ1n) is 15.9. The molecule has 3 N–H and O–H groups in total. The van der Waals surface area contributed by atoms with Crippen molar-refractivity contribution in [2.24, 2.45) is 0 Å². The molecule has 14 nitrogen and oxygen atoms in total. The van der Waals surface area contributed by atoms with Crippen molar-refractivity contribution in [2.75, 3.05) is 39.1 Å². The first-order valence-corrected chi connectivity index (χ1v) is 17.1. The van der Waals surface area contributed by atoms with Crippen molar-refractivity contribution in [1.29, 1.82) is 0 Å². The van der Waals surface area contributed by atoms with Crippen molar-refractivity contribution in [3.63, 3.8) is 0 Å². The number of anilines is 1. The van der Waals surface area contributed by atoms with E-state index in [0.717, 1.165) is 40.8 Å². The third-order valence-electron chi connectivity index (χ3n) is 8.24. The second-order valence-corrected chi connectivity index (χ2v) is 13.1. The molecule has 0 bridgehead atoms. The Hall–Kier alpha value is -5.75. The molecule has 52 heavy (non-hydrogen) atoms. The van der Waals surface area contributed by atoms with Gasteiger partial charge in [0.25, 0.3) is 5.91 Å². The van der Waals surface area contributed by atoms with Crippen LogP contribution in [-0.2, 0) is 20.4 Å². The molecule has 2 unspecified atom stereocenters. The van der Waals surface area contributed by atoms with Gasteiger partial charge in [0, 0.05) is 55.5 Å². The number of methoxy groups -OCH3 is 1. The Labute approximate surface area is 297 Å². The van der Waals surface area contributed by atoms with Gasteiger partial charge in [0.15, 0.2) is 40.0 Å². The van der Waals surface area contributed by atoms with Crippen LogP contribution in [0.5, 0.6) is 23.0 Å². The zero-order valence-electron chi connectivity index (χ0n) is 27.7. The molecule has 6 rings (SSSR count). The zero-order chi connectivity index (χ0) is 36.9. The third kappa shape index (κ3) is 8.07. The monoisotopic (exact) mass is 739 g/mol. The van der Waals surface area contributed by atoms with Gasteiger partial charge in [0.05, 0.1) is 36.0 Å². The minimum absolute atomic E-state index is 0.0503. The summed E-state index contributed by atoms with van der Waals surface area (Å²) in [5, 5.41) is 13.9. The van der Waals surface area contributed by atoms with E-state index in [1.54, 1.807) is 19.2 Å². The average Bonchev–Trinajstić information content (AvgIpc) is 3.12. The Morgan fingerprint density at radius 1 is 1.00 bits per heavy atom. The number of halogens is 3. The van der Waals surface area contributed by atoms with Gasteiger partial charge in [0.1, 0.15) is 17.4 Å². The van der Waals surface area contributed by atoms with Gasteiger partial charge in [-0.25, -0.2) is 28.4 Å². The fourth-order valence-electron chi connectivity index (χ4n) is 5.65. The van der Waals surface area contributed by atoms with Crippen LogP contribution < -0.4 is 30.3 Å². The molecule has 3 aromatic carbocycles. The fraction of sp³-hybridized carbons (Fsp3) is 0.265. The maximum atomic E-state index is 15.4. The molecule has 1 saturated heterocycles. The van der Waals surface area contributed by atoms with E-state index in [9.17, 15) is 23.0 Å². The molecule has 4 amide bonds. The minimum Gasteiger partial charge on any atom is -0.493 e. The Morgan fingerprint density at radius 2 is 1.71 bits per heavy atom. The molecule has 272 valence electrons. The van der Waals surface area contributed by atoms with Crippen LogP contribution in [0.2, 0.25) is 0 Å². The summed E-state index contributed by atoms with van der Waals surface area (Å²) in [4.78, 5) is 39.3. The largest absolute Gasteiger partial charge is 0.493 e. The summed E-state index contributed by atoms with van der Waals surface area (Å²) in [5.41, 5.74) is 2.47. The van der Waals surface area contributed by atoms with Crippen molar-refractivity contribution in [1.82, 2.24) is 30.8 Å². The number of benzene rings is 3. The SMILES string of the molecule is CNC(=O)CN1CCC(Oc2cc3c(Oc4c(F)cc(NC(=O)NN5C(=O)C=CS(=O)C5c5ccc(F)cc5)cc4F)cnnc3cc2OC)CC1. The Morgan fingerprint density at radius 3 is 2.38 bits per heavy atom. The number of rotatable bonds is 10. The summed E-state index contributed by atoms with van der Waals surface area (Å²) in [6.07, 6.45) is 3.26. The van der Waals surface area contributed by atoms with Crippen molar-refractivity contribution < 1.29 is 46.0 Å². The number of hydrazine groups is 1. The first-order chi connectivity index (χ1) is 25.0. The molecule has 0 saturated carbocycles. The van der Waals surface area contributed by atoms with Gasteiger partial charge in [-0.3, -0.25) is 18.7 Å². The summed E-state index contributed by atoms with van der Waals surface area (Å²) in [5.74, 6) is -3.89. The van der Waals surface area contributed by atoms with E-state index >= 15 is 8.78 Å². The first kappa shape index (κ1) is 36.1. The van der Waals surface area contributed by atoms with Gasteiger partial charge in [0.2, 0.25) is 5.91 Å².